The van der Waals surface area contributed by atoms with E-state index in [1.165, 1.54) is 12.1 Å². The van der Waals surface area contributed by atoms with Crippen molar-refractivity contribution in [1.82, 2.24) is 35.2 Å². The molecule has 12 N–H and O–H groups in total. The van der Waals surface area contributed by atoms with Gasteiger partial charge in [-0.1, -0.05) is 6.07 Å². The lowest BCUT2D eigenvalue weighted by Crippen LogP contribution is -2.41. The molecule has 6 aromatic rings. The van der Waals surface area contributed by atoms with Crippen molar-refractivity contribution < 1.29 is 38.8 Å². The van der Waals surface area contributed by atoms with Gasteiger partial charge in [-0.05, 0) is 54.8 Å². The van der Waals surface area contributed by atoms with E-state index in [0.29, 0.717) is 53.0 Å². The smallest absolute Gasteiger partial charge is 0.326 e. The first-order valence-electron chi connectivity index (χ1n) is 18.1. The Kier molecular flexibility index (Phi) is 13.7. The number of fused-ring (bicyclic) bond motifs is 2. The Hall–Kier alpha value is -7.97. The van der Waals surface area contributed by atoms with Crippen LogP contribution < -0.4 is 52.7 Å². The molecule has 21 heteroatoms. The first-order chi connectivity index (χ1) is 28.6. The lowest BCUT2D eigenvalue weighted by molar-refractivity contribution is -0.140. The van der Waals surface area contributed by atoms with Gasteiger partial charge >= 0.3 is 11.9 Å². The van der Waals surface area contributed by atoms with Crippen LogP contribution in [0.2, 0.25) is 0 Å². The first kappa shape index (κ1) is 43.2. The summed E-state index contributed by atoms with van der Waals surface area (Å²) < 4.78 is 16.1. The number of nitrogens with zero attached hydrogens (tertiary/aromatic N) is 7. The van der Waals surface area contributed by atoms with Crippen molar-refractivity contribution >= 4 is 74.8 Å². The number of aryl methyl sites for hydroxylation is 1. The molecule has 0 aliphatic heterocycles. The number of nitrogens with two attached hydrogens (primary N) is 4. The summed E-state index contributed by atoms with van der Waals surface area (Å²) in [5.41, 5.74) is 29.0. The highest BCUT2D eigenvalue weighted by molar-refractivity contribution is 5.97. The van der Waals surface area contributed by atoms with Crippen LogP contribution in [0.15, 0.2) is 54.7 Å². The normalized spacial score (nSPS) is 11.2. The first-order valence-corrected chi connectivity index (χ1v) is 18.1. The average Bonchev–Trinajstić information content (AvgIpc) is 3.21. The molecule has 0 spiro atoms. The van der Waals surface area contributed by atoms with Crippen LogP contribution >= 0.6 is 0 Å². The molecule has 0 fully saturated rings. The third-order valence-corrected chi connectivity index (χ3v) is 8.98. The summed E-state index contributed by atoms with van der Waals surface area (Å²) in [6, 6.07) is 12.9. The van der Waals surface area contributed by atoms with Gasteiger partial charge in [0, 0.05) is 54.5 Å². The number of methoxy groups -OCH3 is 3. The van der Waals surface area contributed by atoms with Gasteiger partial charge in [0.1, 0.15) is 11.9 Å². The second-order valence-electron chi connectivity index (χ2n) is 13.2. The van der Waals surface area contributed by atoms with Crippen molar-refractivity contribution in [3.63, 3.8) is 0 Å². The highest BCUT2D eigenvalue weighted by Gasteiger charge is 2.22. The number of amides is 1. The number of nitrogens with one attached hydrogen (secondary N) is 2. The van der Waals surface area contributed by atoms with Crippen molar-refractivity contribution in [2.75, 3.05) is 61.5 Å². The summed E-state index contributed by atoms with van der Waals surface area (Å²) >= 11 is 0. The second kappa shape index (κ2) is 19.0. The van der Waals surface area contributed by atoms with Crippen LogP contribution in [0, 0.1) is 6.92 Å². The molecule has 0 saturated carbocycles. The van der Waals surface area contributed by atoms with Crippen LogP contribution in [0.1, 0.15) is 40.0 Å². The standard InChI is InChI=1S/C20H22N8O5.C19H23N5O3/c1-28(9-11-8-23-17-15(24-11)16(21)26-20(22)27-17)12-4-2-10(3-5-12)18(31)25-13(19(32)33)6-7-14(29)30;1-10-5-11(6-13-16(10)23-19(21)24-18(13)20)9-22-12-7-14(25-2)17(27-4)15(8-12)26-3/h2-5,8,13H,6-7,9H2,1H3,(H,25,31)(H,29,30)(H,32,33)(H4,21,22,23,26,27);5-8,22H,9H2,1-4H3,(H4,20,21,23,24)/t13-;/m1./s1. The predicted octanol–water partition coefficient (Wildman–Crippen LogP) is 3.01. The molecule has 6 rings (SSSR count). The Morgan fingerprint density at radius 1 is 0.817 bits per heavy atom. The Labute approximate surface area is 343 Å². The van der Waals surface area contributed by atoms with Crippen LogP contribution in [0.25, 0.3) is 22.1 Å². The molecule has 314 valence electrons. The molecule has 3 heterocycles. The molecule has 3 aromatic carbocycles. The van der Waals surface area contributed by atoms with Gasteiger partial charge in [0.15, 0.2) is 28.5 Å². The number of carboxylic acid groups (broad SMARTS) is 2. The van der Waals surface area contributed by atoms with E-state index in [1.54, 1.807) is 39.7 Å². The summed E-state index contributed by atoms with van der Waals surface area (Å²) in [5.74, 6) is -0.644. The van der Waals surface area contributed by atoms with Gasteiger partial charge < -0.3 is 62.9 Å². The van der Waals surface area contributed by atoms with Crippen LogP contribution in [-0.2, 0) is 22.7 Å². The molecule has 1 amide bonds. The third-order valence-electron chi connectivity index (χ3n) is 8.98. The quantitative estimate of drug-likeness (QED) is 0.0737. The number of anilines is 6. The van der Waals surface area contributed by atoms with E-state index >= 15 is 0 Å². The fraction of sp³-hybridized carbons (Fsp3) is 0.256. The van der Waals surface area contributed by atoms with Crippen LogP contribution in [0.3, 0.4) is 0 Å². The summed E-state index contributed by atoms with van der Waals surface area (Å²) in [6.07, 6.45) is 0.964. The summed E-state index contributed by atoms with van der Waals surface area (Å²) in [6.45, 7) is 2.91. The summed E-state index contributed by atoms with van der Waals surface area (Å²) in [7, 11) is 6.56. The predicted molar refractivity (Wildman–Crippen MR) is 225 cm³/mol. The molecule has 0 aliphatic carbocycles. The largest absolute Gasteiger partial charge is 0.493 e. The van der Waals surface area contributed by atoms with Gasteiger partial charge in [-0.15, -0.1) is 0 Å². The van der Waals surface area contributed by atoms with E-state index < -0.39 is 23.9 Å². The average molecular weight is 824 g/mol. The number of hydrogen-bond acceptors (Lipinski definition) is 18. The van der Waals surface area contributed by atoms with Crippen LogP contribution in [0.5, 0.6) is 17.2 Å². The van der Waals surface area contributed by atoms with Crippen molar-refractivity contribution in [2.24, 2.45) is 0 Å². The van der Waals surface area contributed by atoms with Gasteiger partial charge in [0.2, 0.25) is 17.6 Å². The zero-order valence-corrected chi connectivity index (χ0v) is 33.4. The summed E-state index contributed by atoms with van der Waals surface area (Å²) in [5, 5.41) is 24.4. The fourth-order valence-corrected chi connectivity index (χ4v) is 6.04. The number of carbonyl (C=O) groups is 3. The Balaban J connectivity index is 0.000000232. The van der Waals surface area contributed by atoms with Gasteiger partial charge in [-0.2, -0.15) is 15.0 Å². The fourth-order valence-electron chi connectivity index (χ4n) is 6.04. The molecule has 0 saturated heterocycles. The maximum atomic E-state index is 12.4. The Morgan fingerprint density at radius 3 is 2.08 bits per heavy atom. The molecule has 60 heavy (non-hydrogen) atoms. The number of hydrogen-bond donors (Lipinski definition) is 8. The lowest BCUT2D eigenvalue weighted by Gasteiger charge is -2.19. The van der Waals surface area contributed by atoms with Crippen molar-refractivity contribution in [3.05, 3.63) is 77.1 Å². The van der Waals surface area contributed by atoms with Crippen LogP contribution in [0.4, 0.5) is 34.9 Å². The number of carbonyl (C=O) groups excluding carboxylic acids is 1. The number of ether oxygens (including phenoxy) is 3. The van der Waals surface area contributed by atoms with E-state index in [0.717, 1.165) is 33.4 Å². The SMILES string of the molecule is CN(Cc1cnc2nc(N)nc(N)c2n1)c1ccc(C(=O)N[C@H](CCC(=O)O)C(=O)O)cc1.COc1cc(NCc2cc(C)c3nc(N)nc(N)c3c2)cc(OC)c1OC. The minimum absolute atomic E-state index is 0.0138. The second-order valence-corrected chi connectivity index (χ2v) is 13.2. The van der Waals surface area contributed by atoms with Gasteiger partial charge in [0.05, 0.1) is 45.3 Å². The molecule has 0 aliphatic rings. The van der Waals surface area contributed by atoms with Gasteiger partial charge in [0.25, 0.3) is 5.91 Å². The molecule has 3 aromatic heterocycles. The topological polar surface area (TPSA) is 328 Å². The highest BCUT2D eigenvalue weighted by atomic mass is 16.5. The van der Waals surface area contributed by atoms with Crippen molar-refractivity contribution in [2.45, 2.75) is 38.9 Å². The summed E-state index contributed by atoms with van der Waals surface area (Å²) in [4.78, 5) is 61.0. The van der Waals surface area contributed by atoms with Crippen molar-refractivity contribution in [1.29, 1.82) is 0 Å². The molecule has 0 bridgehead atoms. The van der Waals surface area contributed by atoms with E-state index in [9.17, 15) is 19.5 Å². The zero-order valence-electron chi connectivity index (χ0n) is 33.4. The molecule has 0 unspecified atom stereocenters. The van der Waals surface area contributed by atoms with Gasteiger partial charge in [-0.25, -0.2) is 19.7 Å². The van der Waals surface area contributed by atoms with Crippen LogP contribution in [-0.4, -0.2) is 92.4 Å². The molecule has 21 nitrogen and oxygen atoms in total. The number of aromatic nitrogens is 6. The van der Waals surface area contributed by atoms with E-state index in [1.807, 2.05) is 43.1 Å². The molecular weight excluding hydrogens is 779 g/mol. The molecule has 0 radical (unpaired) electrons. The Bertz CT molecular complexity index is 2520. The molecular formula is C39H45N13O8. The maximum absolute atomic E-state index is 12.4. The minimum Gasteiger partial charge on any atom is -0.493 e. The van der Waals surface area contributed by atoms with E-state index in [-0.39, 0.29) is 36.1 Å². The minimum atomic E-state index is -1.30. The number of nitrogen functional groups attached to an aromatic ring is 4. The molecule has 1 atom stereocenters. The number of aliphatic carboxylic acids is 2. The Morgan fingerprint density at radius 2 is 1.47 bits per heavy atom. The van der Waals surface area contributed by atoms with E-state index in [4.69, 9.17) is 42.3 Å². The zero-order chi connectivity index (χ0) is 43.7. The van der Waals surface area contributed by atoms with Gasteiger partial charge in [-0.3, -0.25) is 9.59 Å². The highest BCUT2D eigenvalue weighted by Crippen LogP contribution is 2.40. The number of benzene rings is 3. The third kappa shape index (κ3) is 10.5. The van der Waals surface area contributed by atoms with Crippen molar-refractivity contribution in [3.8, 4) is 17.2 Å². The van der Waals surface area contributed by atoms with E-state index in [2.05, 4.69) is 40.5 Å². The lowest BCUT2D eigenvalue weighted by atomic mass is 10.1. The monoisotopic (exact) mass is 823 g/mol. The number of carboxylic acids is 2. The number of rotatable bonds is 15. The maximum Gasteiger partial charge on any atom is 0.326 e.